The van der Waals surface area contributed by atoms with Gasteiger partial charge < -0.3 is 10.1 Å². The van der Waals surface area contributed by atoms with E-state index in [-0.39, 0.29) is 5.91 Å². The van der Waals surface area contributed by atoms with Gasteiger partial charge >= 0.3 is 0 Å². The highest BCUT2D eigenvalue weighted by Gasteiger charge is 2.06. The van der Waals surface area contributed by atoms with Gasteiger partial charge in [0.1, 0.15) is 12.4 Å². The Bertz CT molecular complexity index is 863. The number of hydrogen-bond donors (Lipinski definition) is 1. The van der Waals surface area contributed by atoms with Crippen LogP contribution in [0.15, 0.2) is 79.4 Å². The van der Waals surface area contributed by atoms with Crippen molar-refractivity contribution in [2.45, 2.75) is 12.8 Å². The molecule has 3 aromatic rings. The summed E-state index contributed by atoms with van der Waals surface area (Å²) in [5.41, 5.74) is 1.97. The number of fused-ring (bicyclic) bond motifs is 1. The minimum absolute atomic E-state index is 0.00712. The Morgan fingerprint density at radius 2 is 1.76 bits per heavy atom. The van der Waals surface area contributed by atoms with Gasteiger partial charge in [-0.3, -0.25) is 4.79 Å². The van der Waals surface area contributed by atoms with Gasteiger partial charge in [-0.1, -0.05) is 55.1 Å². The zero-order valence-corrected chi connectivity index (χ0v) is 14.1. The van der Waals surface area contributed by atoms with Crippen molar-refractivity contribution >= 4 is 22.4 Å². The van der Waals surface area contributed by atoms with Crippen LogP contribution in [0.1, 0.15) is 12.0 Å². The molecule has 0 radical (unpaired) electrons. The van der Waals surface area contributed by atoms with Gasteiger partial charge in [-0.2, -0.15) is 0 Å². The summed E-state index contributed by atoms with van der Waals surface area (Å²) in [6.07, 6.45) is 2.86. The van der Waals surface area contributed by atoms with Crippen LogP contribution >= 0.6 is 0 Å². The fraction of sp³-hybridized carbons (Fsp3) is 0.136. The lowest BCUT2D eigenvalue weighted by Gasteiger charge is -2.09. The van der Waals surface area contributed by atoms with E-state index < -0.39 is 0 Å². The maximum absolute atomic E-state index is 12.2. The van der Waals surface area contributed by atoms with E-state index in [1.54, 1.807) is 6.08 Å². The molecule has 3 nitrogen and oxygen atoms in total. The third kappa shape index (κ3) is 4.48. The van der Waals surface area contributed by atoms with Gasteiger partial charge in [0.05, 0.1) is 0 Å². The molecule has 0 saturated heterocycles. The molecule has 3 aromatic carbocycles. The van der Waals surface area contributed by atoms with Crippen molar-refractivity contribution in [2.75, 3.05) is 11.9 Å². The van der Waals surface area contributed by atoms with Crippen molar-refractivity contribution in [3.63, 3.8) is 0 Å². The molecule has 0 unspecified atom stereocenters. The van der Waals surface area contributed by atoms with Crippen molar-refractivity contribution < 1.29 is 9.53 Å². The highest BCUT2D eigenvalue weighted by Crippen LogP contribution is 2.20. The Labute approximate surface area is 147 Å². The van der Waals surface area contributed by atoms with Crippen LogP contribution < -0.4 is 10.1 Å². The minimum Gasteiger partial charge on any atom is -0.490 e. The number of amides is 1. The molecule has 3 rings (SSSR count). The fourth-order valence-electron chi connectivity index (χ4n) is 2.77. The average molecular weight is 331 g/mol. The first-order chi connectivity index (χ1) is 12.3. The molecule has 0 saturated carbocycles. The molecule has 0 aliphatic rings. The number of rotatable bonds is 7. The Morgan fingerprint density at radius 3 is 2.56 bits per heavy atom. The molecular formula is C22H21NO2. The number of carbonyl (C=O) groups excluding carboxylic acids is 1. The number of benzene rings is 3. The Hall–Kier alpha value is -3.07. The molecule has 0 heterocycles. The van der Waals surface area contributed by atoms with E-state index >= 15 is 0 Å². The van der Waals surface area contributed by atoms with Crippen LogP contribution in [0.5, 0.6) is 5.75 Å². The van der Waals surface area contributed by atoms with Crippen LogP contribution in [-0.2, 0) is 11.2 Å². The minimum atomic E-state index is 0.00712. The second kappa shape index (κ2) is 8.15. The number of anilines is 1. The largest absolute Gasteiger partial charge is 0.490 e. The molecule has 126 valence electrons. The molecule has 1 N–H and O–H groups in total. The number of aryl methyl sites for hydroxylation is 1. The van der Waals surface area contributed by atoms with Gasteiger partial charge in [0.15, 0.2) is 0 Å². The predicted molar refractivity (Wildman–Crippen MR) is 103 cm³/mol. The van der Waals surface area contributed by atoms with Gasteiger partial charge in [-0.15, -0.1) is 0 Å². The summed E-state index contributed by atoms with van der Waals surface area (Å²) in [4.78, 5) is 12.2. The van der Waals surface area contributed by atoms with E-state index in [2.05, 4.69) is 36.2 Å². The van der Waals surface area contributed by atoms with Crippen molar-refractivity contribution in [1.82, 2.24) is 0 Å². The van der Waals surface area contributed by atoms with Crippen LogP contribution in [0, 0.1) is 0 Å². The third-order valence-corrected chi connectivity index (χ3v) is 4.01. The lowest BCUT2D eigenvalue weighted by molar-refractivity contribution is -0.116. The molecule has 1 amide bonds. The molecule has 0 atom stereocenters. The van der Waals surface area contributed by atoms with Gasteiger partial charge in [0.25, 0.3) is 0 Å². The van der Waals surface area contributed by atoms with Crippen LogP contribution in [-0.4, -0.2) is 12.5 Å². The quantitative estimate of drug-likeness (QED) is 0.620. The van der Waals surface area contributed by atoms with Crippen LogP contribution in [0.2, 0.25) is 0 Å². The Morgan fingerprint density at radius 1 is 1.00 bits per heavy atom. The van der Waals surface area contributed by atoms with Crippen LogP contribution in [0.4, 0.5) is 5.69 Å². The summed E-state index contributed by atoms with van der Waals surface area (Å²) in [5.74, 6) is 0.765. The van der Waals surface area contributed by atoms with E-state index in [0.29, 0.717) is 19.4 Å². The van der Waals surface area contributed by atoms with Gasteiger partial charge in [-0.25, -0.2) is 0 Å². The zero-order valence-electron chi connectivity index (χ0n) is 14.1. The van der Waals surface area contributed by atoms with Crippen molar-refractivity contribution in [3.8, 4) is 5.75 Å². The van der Waals surface area contributed by atoms with Crippen molar-refractivity contribution in [3.05, 3.63) is 84.9 Å². The predicted octanol–water partition coefficient (Wildman–Crippen LogP) is 4.98. The fourth-order valence-corrected chi connectivity index (χ4v) is 2.77. The second-order valence-electron chi connectivity index (χ2n) is 5.81. The highest BCUT2D eigenvalue weighted by molar-refractivity contribution is 5.91. The standard InChI is InChI=1S/C22H21NO2/c1-2-16-25-20-13-11-19(12-14-20)23-22(24)15-10-18-8-5-7-17-6-3-4-9-21(17)18/h2-9,11-14H,1,10,15-16H2,(H,23,24). The summed E-state index contributed by atoms with van der Waals surface area (Å²) in [6, 6.07) is 21.8. The highest BCUT2D eigenvalue weighted by atomic mass is 16.5. The van der Waals surface area contributed by atoms with E-state index in [4.69, 9.17) is 4.74 Å². The van der Waals surface area contributed by atoms with E-state index in [0.717, 1.165) is 11.4 Å². The number of nitrogens with one attached hydrogen (secondary N) is 1. The SMILES string of the molecule is C=CCOc1ccc(NC(=O)CCc2cccc3ccccc23)cc1. The normalized spacial score (nSPS) is 10.4. The smallest absolute Gasteiger partial charge is 0.224 e. The van der Waals surface area contributed by atoms with Crippen molar-refractivity contribution in [2.24, 2.45) is 0 Å². The number of ether oxygens (including phenoxy) is 1. The molecule has 0 spiro atoms. The molecule has 0 bridgehead atoms. The summed E-state index contributed by atoms with van der Waals surface area (Å²) < 4.78 is 5.43. The lowest BCUT2D eigenvalue weighted by atomic mass is 10.0. The van der Waals surface area contributed by atoms with Gasteiger partial charge in [0.2, 0.25) is 5.91 Å². The molecule has 0 aliphatic heterocycles. The maximum atomic E-state index is 12.2. The maximum Gasteiger partial charge on any atom is 0.224 e. The Kier molecular flexibility index (Phi) is 5.47. The van der Waals surface area contributed by atoms with Gasteiger partial charge in [-0.05, 0) is 47.0 Å². The summed E-state index contributed by atoms with van der Waals surface area (Å²) in [7, 11) is 0. The van der Waals surface area contributed by atoms with Crippen LogP contribution in [0.25, 0.3) is 10.8 Å². The van der Waals surface area contributed by atoms with Gasteiger partial charge in [0, 0.05) is 12.1 Å². The van der Waals surface area contributed by atoms with E-state index in [1.807, 2.05) is 42.5 Å². The molecule has 0 aromatic heterocycles. The monoisotopic (exact) mass is 331 g/mol. The second-order valence-corrected chi connectivity index (χ2v) is 5.81. The average Bonchev–Trinajstić information content (AvgIpc) is 2.66. The van der Waals surface area contributed by atoms with E-state index in [1.165, 1.54) is 16.3 Å². The Balaban J connectivity index is 1.58. The summed E-state index contributed by atoms with van der Waals surface area (Å²) >= 11 is 0. The van der Waals surface area contributed by atoms with Crippen LogP contribution in [0.3, 0.4) is 0 Å². The van der Waals surface area contributed by atoms with E-state index in [9.17, 15) is 4.79 Å². The first kappa shape index (κ1) is 16.8. The molecule has 3 heteroatoms. The zero-order chi connectivity index (χ0) is 17.5. The molecule has 0 fully saturated rings. The number of hydrogen-bond acceptors (Lipinski definition) is 2. The summed E-state index contributed by atoms with van der Waals surface area (Å²) in [5, 5.41) is 5.34. The molecule has 25 heavy (non-hydrogen) atoms. The molecular weight excluding hydrogens is 310 g/mol. The summed E-state index contributed by atoms with van der Waals surface area (Å²) in [6.45, 7) is 4.08. The molecule has 0 aliphatic carbocycles. The number of carbonyl (C=O) groups is 1. The van der Waals surface area contributed by atoms with Crippen molar-refractivity contribution in [1.29, 1.82) is 0 Å². The first-order valence-corrected chi connectivity index (χ1v) is 8.36. The lowest BCUT2D eigenvalue weighted by Crippen LogP contribution is -2.12. The first-order valence-electron chi connectivity index (χ1n) is 8.36. The third-order valence-electron chi connectivity index (χ3n) is 4.01. The topological polar surface area (TPSA) is 38.3 Å².